The van der Waals surface area contributed by atoms with Crippen molar-refractivity contribution in [1.29, 1.82) is 0 Å². The molecule has 9 heteroatoms. The largest absolute Gasteiger partial charge is 0.326 e. The molecule has 7 nitrogen and oxygen atoms in total. The molecule has 0 bridgehead atoms. The van der Waals surface area contributed by atoms with E-state index in [1.165, 1.54) is 33.2 Å². The molecule has 0 saturated heterocycles. The number of carbonyl (C=O) groups is 2. The Bertz CT molecular complexity index is 941. The molecule has 26 heavy (non-hydrogen) atoms. The Morgan fingerprint density at radius 1 is 0.962 bits per heavy atom. The summed E-state index contributed by atoms with van der Waals surface area (Å²) in [4.78, 5) is 23.1. The van der Waals surface area contributed by atoms with Crippen LogP contribution in [-0.4, -0.2) is 38.6 Å². The first-order chi connectivity index (χ1) is 12.1. The Balaban J connectivity index is 2.25. The molecular weight excluding hydrogens is 361 g/mol. The number of benzene rings is 2. The van der Waals surface area contributed by atoms with Crippen molar-refractivity contribution in [2.75, 3.05) is 24.7 Å². The van der Waals surface area contributed by atoms with Crippen LogP contribution in [0.2, 0.25) is 0 Å². The number of anilines is 2. The van der Waals surface area contributed by atoms with E-state index in [1.807, 2.05) is 0 Å². The molecule has 0 spiro atoms. The zero-order chi connectivity index (χ0) is 19.5. The average Bonchev–Trinajstić information content (AvgIpc) is 2.56. The monoisotopic (exact) mass is 379 g/mol. The Hall–Kier alpha value is -2.78. The fourth-order valence-corrected chi connectivity index (χ4v) is 3.02. The first-order valence-electron chi connectivity index (χ1n) is 7.52. The van der Waals surface area contributed by atoms with E-state index in [0.29, 0.717) is 11.4 Å². The highest BCUT2D eigenvalue weighted by molar-refractivity contribution is 7.89. The SMILES string of the molecule is CC(=O)Nc1ccc(NC(=O)c2cc(S(=O)(=O)N(C)C)ccc2F)cc1. The van der Waals surface area contributed by atoms with Gasteiger partial charge in [-0.1, -0.05) is 0 Å². The number of rotatable bonds is 5. The summed E-state index contributed by atoms with van der Waals surface area (Å²) in [5.41, 5.74) is 0.518. The highest BCUT2D eigenvalue weighted by atomic mass is 32.2. The van der Waals surface area contributed by atoms with Crippen LogP contribution in [0.15, 0.2) is 47.4 Å². The molecule has 0 unspecified atom stereocenters. The summed E-state index contributed by atoms with van der Waals surface area (Å²) >= 11 is 0. The van der Waals surface area contributed by atoms with E-state index < -0.39 is 21.7 Å². The maximum absolute atomic E-state index is 14.0. The molecule has 0 radical (unpaired) electrons. The zero-order valence-electron chi connectivity index (χ0n) is 14.4. The van der Waals surface area contributed by atoms with Crippen LogP contribution in [-0.2, 0) is 14.8 Å². The van der Waals surface area contributed by atoms with E-state index in [1.54, 1.807) is 12.1 Å². The second-order valence-corrected chi connectivity index (χ2v) is 7.79. The number of hydrogen-bond acceptors (Lipinski definition) is 4. The van der Waals surface area contributed by atoms with Crippen LogP contribution < -0.4 is 10.6 Å². The van der Waals surface area contributed by atoms with Gasteiger partial charge in [0.05, 0.1) is 10.5 Å². The first-order valence-corrected chi connectivity index (χ1v) is 8.96. The van der Waals surface area contributed by atoms with Crippen LogP contribution in [0.3, 0.4) is 0 Å². The molecule has 0 aliphatic heterocycles. The van der Waals surface area contributed by atoms with Crippen molar-refractivity contribution in [3.63, 3.8) is 0 Å². The van der Waals surface area contributed by atoms with Crippen molar-refractivity contribution in [3.05, 3.63) is 53.8 Å². The number of nitrogens with zero attached hydrogens (tertiary/aromatic N) is 1. The van der Waals surface area contributed by atoms with Crippen molar-refractivity contribution in [3.8, 4) is 0 Å². The lowest BCUT2D eigenvalue weighted by Gasteiger charge is -2.13. The molecule has 0 aliphatic rings. The lowest BCUT2D eigenvalue weighted by molar-refractivity contribution is -0.114. The molecule has 0 saturated carbocycles. The van der Waals surface area contributed by atoms with Gasteiger partial charge >= 0.3 is 0 Å². The summed E-state index contributed by atoms with van der Waals surface area (Å²) in [5.74, 6) is -1.86. The Kier molecular flexibility index (Phi) is 5.73. The summed E-state index contributed by atoms with van der Waals surface area (Å²) in [7, 11) is -1.11. The third kappa shape index (κ3) is 4.44. The smallest absolute Gasteiger partial charge is 0.258 e. The van der Waals surface area contributed by atoms with Gasteiger partial charge in [0.25, 0.3) is 5.91 Å². The van der Waals surface area contributed by atoms with E-state index >= 15 is 0 Å². The van der Waals surface area contributed by atoms with E-state index in [2.05, 4.69) is 10.6 Å². The number of halogens is 1. The molecule has 0 aliphatic carbocycles. The third-order valence-corrected chi connectivity index (χ3v) is 5.24. The van der Waals surface area contributed by atoms with Crippen molar-refractivity contribution in [1.82, 2.24) is 4.31 Å². The molecule has 2 N–H and O–H groups in total. The van der Waals surface area contributed by atoms with E-state index in [9.17, 15) is 22.4 Å². The van der Waals surface area contributed by atoms with Crippen LogP contribution in [0.25, 0.3) is 0 Å². The van der Waals surface area contributed by atoms with Crippen molar-refractivity contribution >= 4 is 33.2 Å². The summed E-state index contributed by atoms with van der Waals surface area (Å²) in [5, 5.41) is 5.07. The molecule has 2 aromatic rings. The number of amides is 2. The minimum Gasteiger partial charge on any atom is -0.326 e. The van der Waals surface area contributed by atoms with Crippen molar-refractivity contribution in [2.45, 2.75) is 11.8 Å². The fraction of sp³-hybridized carbons (Fsp3) is 0.176. The highest BCUT2D eigenvalue weighted by Gasteiger charge is 2.21. The van der Waals surface area contributed by atoms with E-state index in [-0.39, 0.29) is 16.4 Å². The minimum absolute atomic E-state index is 0.185. The van der Waals surface area contributed by atoms with Gasteiger partial charge in [0.15, 0.2) is 0 Å². The standard InChI is InChI=1S/C17H18FN3O4S/c1-11(22)19-12-4-6-13(7-5-12)20-17(23)15-10-14(8-9-16(15)18)26(24,25)21(2)3/h4-10H,1-3H3,(H,19,22)(H,20,23). The van der Waals surface area contributed by atoms with Crippen LogP contribution in [0.4, 0.5) is 15.8 Å². The van der Waals surface area contributed by atoms with Gasteiger partial charge < -0.3 is 10.6 Å². The zero-order valence-corrected chi connectivity index (χ0v) is 15.2. The van der Waals surface area contributed by atoms with E-state index in [0.717, 1.165) is 22.5 Å². The summed E-state index contributed by atoms with van der Waals surface area (Å²) < 4.78 is 39.3. The second-order valence-electron chi connectivity index (χ2n) is 5.64. The average molecular weight is 379 g/mol. The molecule has 138 valence electrons. The number of hydrogen-bond donors (Lipinski definition) is 2. The molecule has 0 atom stereocenters. The second kappa shape index (κ2) is 7.63. The molecule has 0 fully saturated rings. The normalized spacial score (nSPS) is 11.3. The predicted molar refractivity (Wildman–Crippen MR) is 96.0 cm³/mol. The van der Waals surface area contributed by atoms with Gasteiger partial charge in [-0.15, -0.1) is 0 Å². The van der Waals surface area contributed by atoms with Gasteiger partial charge in [-0.2, -0.15) is 0 Å². The maximum atomic E-state index is 14.0. The lowest BCUT2D eigenvalue weighted by atomic mass is 10.2. The predicted octanol–water partition coefficient (Wildman–Crippen LogP) is 2.29. The third-order valence-electron chi connectivity index (χ3n) is 3.42. The lowest BCUT2D eigenvalue weighted by Crippen LogP contribution is -2.23. The summed E-state index contributed by atoms with van der Waals surface area (Å²) in [6.07, 6.45) is 0. The molecular formula is C17H18FN3O4S. The van der Waals surface area contributed by atoms with Crippen LogP contribution in [0.1, 0.15) is 17.3 Å². The van der Waals surface area contributed by atoms with Gasteiger partial charge in [-0.3, -0.25) is 9.59 Å². The topological polar surface area (TPSA) is 95.6 Å². The number of sulfonamides is 1. The van der Waals surface area contributed by atoms with Gasteiger partial charge in [0.1, 0.15) is 5.82 Å². The van der Waals surface area contributed by atoms with Crippen LogP contribution in [0.5, 0.6) is 0 Å². The molecule has 2 amide bonds. The highest BCUT2D eigenvalue weighted by Crippen LogP contribution is 2.20. The van der Waals surface area contributed by atoms with Crippen molar-refractivity contribution < 1.29 is 22.4 Å². The van der Waals surface area contributed by atoms with Gasteiger partial charge in [0, 0.05) is 32.4 Å². The Morgan fingerprint density at radius 2 is 1.50 bits per heavy atom. The van der Waals surface area contributed by atoms with Crippen LogP contribution >= 0.6 is 0 Å². The fourth-order valence-electron chi connectivity index (χ4n) is 2.09. The first kappa shape index (κ1) is 19.5. The minimum atomic E-state index is -3.79. The van der Waals surface area contributed by atoms with Crippen LogP contribution in [0, 0.1) is 5.82 Å². The van der Waals surface area contributed by atoms with E-state index in [4.69, 9.17) is 0 Å². The summed E-state index contributed by atoms with van der Waals surface area (Å²) in [6.45, 7) is 1.37. The Labute approximate surface area is 150 Å². The maximum Gasteiger partial charge on any atom is 0.258 e. The molecule has 2 rings (SSSR count). The van der Waals surface area contributed by atoms with Gasteiger partial charge in [-0.25, -0.2) is 17.1 Å². The quantitative estimate of drug-likeness (QED) is 0.833. The van der Waals surface area contributed by atoms with Crippen molar-refractivity contribution in [2.24, 2.45) is 0 Å². The number of carbonyl (C=O) groups excluding carboxylic acids is 2. The Morgan fingerprint density at radius 3 is 2.00 bits per heavy atom. The summed E-state index contributed by atoms with van der Waals surface area (Å²) in [6, 6.07) is 9.23. The molecule has 0 heterocycles. The molecule has 0 aromatic heterocycles. The van der Waals surface area contributed by atoms with Gasteiger partial charge in [0.2, 0.25) is 15.9 Å². The van der Waals surface area contributed by atoms with Gasteiger partial charge in [-0.05, 0) is 42.5 Å². The molecule has 2 aromatic carbocycles. The number of nitrogens with one attached hydrogen (secondary N) is 2.